The SMILES string of the molecule is CCCC(C)NC(=O)C1N(CCCO)C(=O)[C@@H]2[C@@H](C(=O)NC)[C@H]3CCC12O3. The molecule has 3 aliphatic heterocycles. The Morgan fingerprint density at radius 3 is 2.78 bits per heavy atom. The molecule has 3 N–H and O–H groups in total. The molecule has 1 spiro atoms. The lowest BCUT2D eigenvalue weighted by Crippen LogP contribution is -2.56. The summed E-state index contributed by atoms with van der Waals surface area (Å²) >= 11 is 0. The van der Waals surface area contributed by atoms with E-state index in [0.29, 0.717) is 19.3 Å². The van der Waals surface area contributed by atoms with E-state index in [4.69, 9.17) is 4.74 Å². The standard InChI is InChI=1S/C19H31N3O5/c1-4-6-11(2)21-17(25)15-19-8-7-12(27-19)13(16(24)20-3)14(19)18(26)22(15)9-5-10-23/h11-15,23H,4-10H2,1-3H3,(H,20,24)(H,21,25)/t11?,12-,13+,14+,15?,19?/m1/s1. The van der Waals surface area contributed by atoms with E-state index >= 15 is 0 Å². The number of carbonyl (C=O) groups is 3. The van der Waals surface area contributed by atoms with E-state index in [1.54, 1.807) is 7.05 Å². The molecule has 3 rings (SSSR count). The van der Waals surface area contributed by atoms with Crippen molar-refractivity contribution in [1.82, 2.24) is 15.5 Å². The lowest BCUT2D eigenvalue weighted by Gasteiger charge is -2.34. The number of aliphatic hydroxyl groups excluding tert-OH is 1. The Morgan fingerprint density at radius 1 is 1.41 bits per heavy atom. The molecule has 3 aliphatic rings. The first-order valence-electron chi connectivity index (χ1n) is 10.0. The molecular formula is C19H31N3O5. The van der Waals surface area contributed by atoms with E-state index in [9.17, 15) is 19.5 Å². The molecule has 0 aliphatic carbocycles. The summed E-state index contributed by atoms with van der Waals surface area (Å²) in [5.74, 6) is -1.82. The van der Waals surface area contributed by atoms with Gasteiger partial charge >= 0.3 is 0 Å². The maximum Gasteiger partial charge on any atom is 0.246 e. The quantitative estimate of drug-likeness (QED) is 0.539. The minimum Gasteiger partial charge on any atom is -0.396 e. The minimum atomic E-state index is -0.940. The normalized spacial score (nSPS) is 35.3. The summed E-state index contributed by atoms with van der Waals surface area (Å²) in [4.78, 5) is 40.4. The Kier molecular flexibility index (Phi) is 5.76. The van der Waals surface area contributed by atoms with Crippen molar-refractivity contribution in [1.29, 1.82) is 0 Å². The molecule has 3 amide bonds. The maximum atomic E-state index is 13.2. The van der Waals surface area contributed by atoms with Crippen LogP contribution in [0.5, 0.6) is 0 Å². The first kappa shape index (κ1) is 20.1. The second-order valence-corrected chi connectivity index (χ2v) is 7.98. The molecule has 0 aromatic rings. The van der Waals surface area contributed by atoms with E-state index in [1.807, 2.05) is 6.92 Å². The van der Waals surface area contributed by atoms with Gasteiger partial charge < -0.3 is 25.4 Å². The molecule has 27 heavy (non-hydrogen) atoms. The van der Waals surface area contributed by atoms with Crippen molar-refractivity contribution in [2.75, 3.05) is 20.2 Å². The molecule has 0 saturated carbocycles. The zero-order chi connectivity index (χ0) is 19.8. The van der Waals surface area contributed by atoms with Crippen LogP contribution < -0.4 is 10.6 Å². The number of nitrogens with zero attached hydrogens (tertiary/aromatic N) is 1. The summed E-state index contributed by atoms with van der Waals surface area (Å²) in [6.07, 6.45) is 3.13. The van der Waals surface area contributed by atoms with Gasteiger partial charge in [0, 0.05) is 26.2 Å². The molecule has 0 radical (unpaired) electrons. The van der Waals surface area contributed by atoms with Crippen LogP contribution in [0.2, 0.25) is 0 Å². The number of aliphatic hydroxyl groups is 1. The average Bonchev–Trinajstić information content (AvgIpc) is 3.26. The number of nitrogens with one attached hydrogen (secondary N) is 2. The topological polar surface area (TPSA) is 108 Å². The number of hydrogen-bond acceptors (Lipinski definition) is 5. The fourth-order valence-electron chi connectivity index (χ4n) is 5.23. The summed E-state index contributed by atoms with van der Waals surface area (Å²) in [6, 6.07) is -0.749. The molecule has 3 fully saturated rings. The van der Waals surface area contributed by atoms with Crippen molar-refractivity contribution >= 4 is 17.7 Å². The molecule has 0 aromatic heterocycles. The Bertz CT molecular complexity index is 612. The fraction of sp³-hybridized carbons (Fsp3) is 0.842. The first-order chi connectivity index (χ1) is 12.9. The van der Waals surface area contributed by atoms with Gasteiger partial charge in [-0.2, -0.15) is 0 Å². The number of fused-ring (bicyclic) bond motifs is 1. The Balaban J connectivity index is 1.93. The summed E-state index contributed by atoms with van der Waals surface area (Å²) < 4.78 is 6.23. The molecule has 3 heterocycles. The molecule has 152 valence electrons. The molecule has 3 saturated heterocycles. The van der Waals surface area contributed by atoms with Gasteiger partial charge in [-0.3, -0.25) is 14.4 Å². The lowest BCUT2D eigenvalue weighted by atomic mass is 9.70. The summed E-state index contributed by atoms with van der Waals surface area (Å²) in [5, 5.41) is 14.9. The van der Waals surface area contributed by atoms with Crippen LogP contribution in [0.15, 0.2) is 0 Å². The number of carbonyl (C=O) groups excluding carboxylic acids is 3. The van der Waals surface area contributed by atoms with Gasteiger partial charge in [0.25, 0.3) is 0 Å². The smallest absolute Gasteiger partial charge is 0.246 e. The van der Waals surface area contributed by atoms with Crippen LogP contribution in [-0.2, 0) is 19.1 Å². The largest absolute Gasteiger partial charge is 0.396 e. The lowest BCUT2D eigenvalue weighted by molar-refractivity contribution is -0.142. The molecule has 0 aromatic carbocycles. The van der Waals surface area contributed by atoms with E-state index in [2.05, 4.69) is 17.6 Å². The van der Waals surface area contributed by atoms with Gasteiger partial charge in [0.1, 0.15) is 11.6 Å². The fourth-order valence-corrected chi connectivity index (χ4v) is 5.23. The highest BCUT2D eigenvalue weighted by molar-refractivity contribution is 5.98. The van der Waals surface area contributed by atoms with Gasteiger partial charge in [-0.05, 0) is 32.6 Å². The Morgan fingerprint density at radius 2 is 2.15 bits per heavy atom. The summed E-state index contributed by atoms with van der Waals surface area (Å²) in [7, 11) is 1.56. The zero-order valence-electron chi connectivity index (χ0n) is 16.4. The van der Waals surface area contributed by atoms with Gasteiger partial charge in [-0.1, -0.05) is 13.3 Å². The Hall–Kier alpha value is -1.67. The minimum absolute atomic E-state index is 0.00100. The highest BCUT2D eigenvalue weighted by Gasteiger charge is 2.74. The average molecular weight is 381 g/mol. The second-order valence-electron chi connectivity index (χ2n) is 7.98. The van der Waals surface area contributed by atoms with Gasteiger partial charge in [-0.25, -0.2) is 0 Å². The number of hydrogen-bond donors (Lipinski definition) is 3. The van der Waals surface area contributed by atoms with Crippen molar-refractivity contribution < 1.29 is 24.2 Å². The van der Waals surface area contributed by atoms with Crippen LogP contribution >= 0.6 is 0 Å². The number of likely N-dealkylation sites (tertiary alicyclic amines) is 1. The third-order valence-corrected chi connectivity index (χ3v) is 6.27. The highest BCUT2D eigenvalue weighted by atomic mass is 16.5. The first-order valence-corrected chi connectivity index (χ1v) is 10.0. The highest BCUT2D eigenvalue weighted by Crippen LogP contribution is 2.58. The molecule has 8 heteroatoms. The molecule has 3 unspecified atom stereocenters. The predicted octanol–water partition coefficient (Wildman–Crippen LogP) is -0.206. The second kappa shape index (κ2) is 7.75. The summed E-state index contributed by atoms with van der Waals surface area (Å²) in [6.45, 7) is 4.22. The third-order valence-electron chi connectivity index (χ3n) is 6.27. The predicted molar refractivity (Wildman–Crippen MR) is 97.6 cm³/mol. The monoisotopic (exact) mass is 381 g/mol. The zero-order valence-corrected chi connectivity index (χ0v) is 16.4. The molecule has 8 nitrogen and oxygen atoms in total. The van der Waals surface area contributed by atoms with E-state index in [0.717, 1.165) is 12.8 Å². The van der Waals surface area contributed by atoms with E-state index in [1.165, 1.54) is 4.90 Å². The molecule has 6 atom stereocenters. The van der Waals surface area contributed by atoms with Crippen LogP contribution in [0, 0.1) is 11.8 Å². The van der Waals surface area contributed by atoms with Crippen LogP contribution in [0.4, 0.5) is 0 Å². The van der Waals surface area contributed by atoms with Crippen molar-refractivity contribution in [2.24, 2.45) is 11.8 Å². The summed E-state index contributed by atoms with van der Waals surface area (Å²) in [5.41, 5.74) is -0.940. The van der Waals surface area contributed by atoms with Crippen LogP contribution in [0.1, 0.15) is 46.0 Å². The van der Waals surface area contributed by atoms with Gasteiger partial charge in [-0.15, -0.1) is 0 Å². The van der Waals surface area contributed by atoms with Crippen molar-refractivity contribution in [2.45, 2.75) is 69.7 Å². The number of rotatable bonds is 8. The van der Waals surface area contributed by atoms with Crippen LogP contribution in [-0.4, -0.2) is 71.7 Å². The molecule has 2 bridgehead atoms. The van der Waals surface area contributed by atoms with E-state index in [-0.39, 0.29) is 43.0 Å². The van der Waals surface area contributed by atoms with Crippen molar-refractivity contribution in [3.8, 4) is 0 Å². The van der Waals surface area contributed by atoms with Crippen molar-refractivity contribution in [3.63, 3.8) is 0 Å². The maximum absolute atomic E-state index is 13.2. The van der Waals surface area contributed by atoms with Crippen LogP contribution in [0.25, 0.3) is 0 Å². The van der Waals surface area contributed by atoms with Gasteiger partial charge in [0.15, 0.2) is 0 Å². The van der Waals surface area contributed by atoms with E-state index < -0.39 is 23.5 Å². The Labute approximate surface area is 160 Å². The third kappa shape index (κ3) is 3.12. The van der Waals surface area contributed by atoms with Gasteiger partial charge in [0.05, 0.1) is 17.9 Å². The van der Waals surface area contributed by atoms with Gasteiger partial charge in [0.2, 0.25) is 17.7 Å². The number of ether oxygens (including phenoxy) is 1. The van der Waals surface area contributed by atoms with Crippen LogP contribution in [0.3, 0.4) is 0 Å². The molecular weight excluding hydrogens is 350 g/mol. The van der Waals surface area contributed by atoms with Crippen molar-refractivity contribution in [3.05, 3.63) is 0 Å². The number of amides is 3.